The van der Waals surface area contributed by atoms with E-state index in [4.69, 9.17) is 11.1 Å². The molecule has 1 fully saturated rings. The summed E-state index contributed by atoms with van der Waals surface area (Å²) in [5, 5.41) is 7.10. The van der Waals surface area contributed by atoms with Crippen molar-refractivity contribution in [2.24, 2.45) is 5.73 Å². The lowest BCUT2D eigenvalue weighted by Gasteiger charge is -2.19. The van der Waals surface area contributed by atoms with E-state index in [0.717, 1.165) is 0 Å². The molecule has 1 aliphatic heterocycles. The summed E-state index contributed by atoms with van der Waals surface area (Å²) < 4.78 is 40.9. The second kappa shape index (κ2) is 3.27. The summed E-state index contributed by atoms with van der Waals surface area (Å²) in [6.07, 6.45) is -3.94. The van der Waals surface area contributed by atoms with Crippen LogP contribution in [0.1, 0.15) is 12.8 Å². The summed E-state index contributed by atoms with van der Waals surface area (Å²) in [6.45, 7) is 0.285. The second-order valence-electron chi connectivity index (χ2n) is 2.67. The van der Waals surface area contributed by atoms with E-state index in [1.165, 1.54) is 0 Å². The molecule has 0 aliphatic carbocycles. The van der Waals surface area contributed by atoms with Crippen LogP contribution in [-0.2, 0) is 4.74 Å². The first-order valence-corrected chi connectivity index (χ1v) is 3.70. The van der Waals surface area contributed by atoms with Crippen LogP contribution in [0.4, 0.5) is 13.2 Å². The van der Waals surface area contributed by atoms with Gasteiger partial charge in [0.2, 0.25) is 5.90 Å². The van der Waals surface area contributed by atoms with Crippen molar-refractivity contribution >= 4 is 5.90 Å². The molecule has 1 aliphatic rings. The van der Waals surface area contributed by atoms with E-state index in [0.29, 0.717) is 6.42 Å². The molecule has 0 aromatic rings. The predicted octanol–water partition coefficient (Wildman–Crippen LogP) is 1.55. The number of allylic oxidation sites excluding steroid dienone is 1. The number of hydrogen-bond donors (Lipinski definition) is 2. The Kier molecular flexibility index (Phi) is 2.49. The zero-order valence-electron chi connectivity index (χ0n) is 6.74. The van der Waals surface area contributed by atoms with Crippen LogP contribution in [0.2, 0.25) is 0 Å². The average molecular weight is 194 g/mol. The highest BCUT2D eigenvalue weighted by molar-refractivity contribution is 5.92. The van der Waals surface area contributed by atoms with Crippen molar-refractivity contribution in [2.45, 2.75) is 19.0 Å². The maximum Gasteiger partial charge on any atom is 0.431 e. The maximum atomic E-state index is 12.1. The van der Waals surface area contributed by atoms with Crippen LogP contribution in [-0.4, -0.2) is 18.7 Å². The normalized spacial score (nSPS) is 22.5. The first-order valence-electron chi connectivity index (χ1n) is 3.70. The van der Waals surface area contributed by atoms with E-state index in [2.05, 4.69) is 4.74 Å². The van der Waals surface area contributed by atoms with Crippen molar-refractivity contribution in [2.75, 3.05) is 6.61 Å². The van der Waals surface area contributed by atoms with Crippen LogP contribution in [0, 0.1) is 5.41 Å². The second-order valence-corrected chi connectivity index (χ2v) is 2.67. The summed E-state index contributed by atoms with van der Waals surface area (Å²) in [5.41, 5.74) is 3.40. The lowest BCUT2D eigenvalue weighted by atomic mass is 10.1. The molecule has 0 spiro atoms. The summed E-state index contributed by atoms with van der Waals surface area (Å²) >= 11 is 0. The molecular weight excluding hydrogens is 185 g/mol. The van der Waals surface area contributed by atoms with Gasteiger partial charge in [-0.25, -0.2) is 0 Å². The van der Waals surface area contributed by atoms with Gasteiger partial charge in [-0.05, 0) is 12.8 Å². The summed E-state index contributed by atoms with van der Waals surface area (Å²) in [6, 6.07) is 0. The SMILES string of the molecule is N=C1OCCCC1=C(N)C(F)(F)F. The minimum Gasteiger partial charge on any atom is -0.478 e. The van der Waals surface area contributed by atoms with Crippen molar-refractivity contribution in [1.29, 1.82) is 5.41 Å². The van der Waals surface area contributed by atoms with Crippen molar-refractivity contribution in [3.63, 3.8) is 0 Å². The zero-order chi connectivity index (χ0) is 10.1. The molecule has 74 valence electrons. The minimum absolute atomic E-state index is 0.157. The van der Waals surface area contributed by atoms with E-state index >= 15 is 0 Å². The highest BCUT2D eigenvalue weighted by atomic mass is 19.4. The Labute approximate surface area is 72.9 Å². The standard InChI is InChI=1S/C7H9F3N2O/c8-7(9,10)5(11)4-2-1-3-13-6(4)12/h12H,1-3,11H2. The van der Waals surface area contributed by atoms with Crippen molar-refractivity contribution in [3.8, 4) is 0 Å². The Morgan fingerprint density at radius 1 is 1.46 bits per heavy atom. The molecule has 0 radical (unpaired) electrons. The van der Waals surface area contributed by atoms with Gasteiger partial charge in [0.1, 0.15) is 5.70 Å². The molecule has 0 saturated carbocycles. The average Bonchev–Trinajstić information content (AvgIpc) is 2.02. The molecule has 1 heterocycles. The molecule has 0 aromatic heterocycles. The molecule has 0 aromatic carbocycles. The topological polar surface area (TPSA) is 59.1 Å². The predicted molar refractivity (Wildman–Crippen MR) is 40.2 cm³/mol. The molecule has 0 atom stereocenters. The lowest BCUT2D eigenvalue weighted by Crippen LogP contribution is -2.27. The quantitative estimate of drug-likeness (QED) is 0.614. The highest BCUT2D eigenvalue weighted by Gasteiger charge is 2.36. The van der Waals surface area contributed by atoms with Crippen LogP contribution >= 0.6 is 0 Å². The molecule has 0 unspecified atom stereocenters. The number of rotatable bonds is 0. The molecule has 6 heteroatoms. The summed E-state index contributed by atoms with van der Waals surface area (Å²) in [5.74, 6) is -0.457. The Hall–Kier alpha value is -1.20. The Morgan fingerprint density at radius 3 is 2.54 bits per heavy atom. The van der Waals surface area contributed by atoms with Gasteiger partial charge in [-0.15, -0.1) is 0 Å². The van der Waals surface area contributed by atoms with E-state index in [-0.39, 0.29) is 18.6 Å². The third kappa shape index (κ3) is 2.13. The van der Waals surface area contributed by atoms with E-state index in [1.807, 2.05) is 0 Å². The van der Waals surface area contributed by atoms with Crippen LogP contribution in [0.3, 0.4) is 0 Å². The summed E-state index contributed by atoms with van der Waals surface area (Å²) in [4.78, 5) is 0. The molecule has 1 rings (SSSR count). The van der Waals surface area contributed by atoms with Gasteiger partial charge >= 0.3 is 6.18 Å². The molecule has 0 bridgehead atoms. The number of alkyl halides is 3. The van der Waals surface area contributed by atoms with E-state index in [1.54, 1.807) is 0 Å². The number of hydrogen-bond acceptors (Lipinski definition) is 3. The molecule has 3 N–H and O–H groups in total. The number of nitrogens with one attached hydrogen (secondary N) is 1. The Morgan fingerprint density at radius 2 is 2.08 bits per heavy atom. The lowest BCUT2D eigenvalue weighted by molar-refractivity contribution is -0.0936. The first-order chi connectivity index (χ1) is 5.93. The minimum atomic E-state index is -4.57. The molecule has 3 nitrogen and oxygen atoms in total. The third-order valence-electron chi connectivity index (χ3n) is 1.72. The van der Waals surface area contributed by atoms with Gasteiger partial charge in [-0.2, -0.15) is 13.2 Å². The fourth-order valence-corrected chi connectivity index (χ4v) is 1.05. The molecular formula is C7H9F3N2O. The van der Waals surface area contributed by atoms with Gasteiger partial charge in [0.25, 0.3) is 0 Å². The van der Waals surface area contributed by atoms with Gasteiger partial charge in [-0.3, -0.25) is 5.41 Å². The molecule has 13 heavy (non-hydrogen) atoms. The third-order valence-corrected chi connectivity index (χ3v) is 1.72. The smallest absolute Gasteiger partial charge is 0.431 e. The van der Waals surface area contributed by atoms with Crippen LogP contribution < -0.4 is 5.73 Å². The largest absolute Gasteiger partial charge is 0.478 e. The van der Waals surface area contributed by atoms with E-state index < -0.39 is 17.8 Å². The molecule has 1 saturated heterocycles. The van der Waals surface area contributed by atoms with Gasteiger partial charge < -0.3 is 10.5 Å². The fraction of sp³-hybridized carbons (Fsp3) is 0.571. The molecule has 0 amide bonds. The number of ether oxygens (including phenoxy) is 1. The van der Waals surface area contributed by atoms with Crippen molar-refractivity contribution in [3.05, 3.63) is 11.3 Å². The number of halogens is 3. The summed E-state index contributed by atoms with van der Waals surface area (Å²) in [7, 11) is 0. The maximum absolute atomic E-state index is 12.1. The van der Waals surface area contributed by atoms with Crippen LogP contribution in [0.5, 0.6) is 0 Å². The van der Waals surface area contributed by atoms with Gasteiger partial charge in [0, 0.05) is 5.57 Å². The highest BCUT2D eigenvalue weighted by Crippen LogP contribution is 2.28. The van der Waals surface area contributed by atoms with Crippen LogP contribution in [0.15, 0.2) is 11.3 Å². The number of nitrogens with two attached hydrogens (primary N) is 1. The van der Waals surface area contributed by atoms with E-state index in [9.17, 15) is 13.2 Å². The monoisotopic (exact) mass is 194 g/mol. The van der Waals surface area contributed by atoms with Crippen LogP contribution in [0.25, 0.3) is 0 Å². The van der Waals surface area contributed by atoms with Gasteiger partial charge in [0.15, 0.2) is 0 Å². The van der Waals surface area contributed by atoms with Gasteiger partial charge in [0.05, 0.1) is 6.61 Å². The zero-order valence-corrected chi connectivity index (χ0v) is 6.74. The van der Waals surface area contributed by atoms with Gasteiger partial charge in [-0.1, -0.05) is 0 Å². The van der Waals surface area contributed by atoms with Crippen molar-refractivity contribution in [1.82, 2.24) is 0 Å². The Bertz CT molecular complexity index is 257. The first kappa shape index (κ1) is 9.88. The van der Waals surface area contributed by atoms with Crippen molar-refractivity contribution < 1.29 is 17.9 Å². The fourth-order valence-electron chi connectivity index (χ4n) is 1.05. The Balaban J connectivity index is 2.94.